The number of carbonyl (C=O) groups is 1. The summed E-state index contributed by atoms with van der Waals surface area (Å²) < 4.78 is 5.13. The number of urea groups is 1. The van der Waals surface area contributed by atoms with Crippen molar-refractivity contribution < 1.29 is 9.53 Å². The first kappa shape index (κ1) is 15.1. The predicted octanol–water partition coefficient (Wildman–Crippen LogP) is 2.88. The maximum absolute atomic E-state index is 11.7. The van der Waals surface area contributed by atoms with E-state index in [0.29, 0.717) is 12.5 Å². The topological polar surface area (TPSA) is 50.4 Å². The molecule has 0 fully saturated rings. The van der Waals surface area contributed by atoms with Crippen LogP contribution in [0.1, 0.15) is 25.5 Å². The molecule has 0 saturated carbocycles. The largest absolute Gasteiger partial charge is 0.497 e. The van der Waals surface area contributed by atoms with E-state index in [2.05, 4.69) is 31.1 Å². The van der Waals surface area contributed by atoms with Crippen LogP contribution in [0, 0.1) is 5.92 Å². The van der Waals surface area contributed by atoms with Crippen LogP contribution in [0.3, 0.4) is 0 Å². The second kappa shape index (κ2) is 7.46. The third kappa shape index (κ3) is 4.66. The molecule has 0 aliphatic rings. The Kier molecular flexibility index (Phi) is 5.93. The van der Waals surface area contributed by atoms with Gasteiger partial charge in [-0.1, -0.05) is 32.1 Å². The number of hydrogen-bond donors (Lipinski definition) is 2. The number of rotatable bonds is 6. The first-order valence-corrected chi connectivity index (χ1v) is 6.37. The molecule has 2 N–H and O–H groups in total. The lowest BCUT2D eigenvalue weighted by molar-refractivity contribution is 0.234. The Hall–Kier alpha value is -1.97. The third-order valence-electron chi connectivity index (χ3n) is 2.84. The fraction of sp³-hybridized carbons (Fsp3) is 0.400. The van der Waals surface area contributed by atoms with E-state index < -0.39 is 0 Å². The summed E-state index contributed by atoms with van der Waals surface area (Å²) in [6, 6.07) is 7.52. The van der Waals surface area contributed by atoms with E-state index in [1.165, 1.54) is 0 Å². The number of hydrogen-bond acceptors (Lipinski definition) is 2. The van der Waals surface area contributed by atoms with E-state index >= 15 is 0 Å². The van der Waals surface area contributed by atoms with Gasteiger partial charge in [0.05, 0.1) is 13.2 Å². The van der Waals surface area contributed by atoms with Gasteiger partial charge in [-0.15, -0.1) is 6.58 Å². The number of nitrogens with one attached hydrogen (secondary N) is 2. The minimum Gasteiger partial charge on any atom is -0.497 e. The van der Waals surface area contributed by atoms with E-state index in [1.54, 1.807) is 13.2 Å². The molecule has 1 unspecified atom stereocenters. The Morgan fingerprint density at radius 1 is 1.37 bits per heavy atom. The van der Waals surface area contributed by atoms with Crippen LogP contribution in [-0.4, -0.2) is 19.7 Å². The maximum Gasteiger partial charge on any atom is 0.315 e. The van der Waals surface area contributed by atoms with Gasteiger partial charge >= 0.3 is 6.03 Å². The summed E-state index contributed by atoms with van der Waals surface area (Å²) in [7, 11) is 1.63. The zero-order chi connectivity index (χ0) is 14.3. The molecule has 1 atom stereocenters. The first-order valence-electron chi connectivity index (χ1n) is 6.37. The van der Waals surface area contributed by atoms with Crippen molar-refractivity contribution in [3.63, 3.8) is 0 Å². The Morgan fingerprint density at radius 2 is 2.00 bits per heavy atom. The molecule has 0 saturated heterocycles. The molecule has 4 nitrogen and oxygen atoms in total. The van der Waals surface area contributed by atoms with Crippen molar-refractivity contribution in [2.24, 2.45) is 5.92 Å². The lowest BCUT2D eigenvalue weighted by Crippen LogP contribution is -2.39. The highest BCUT2D eigenvalue weighted by Gasteiger charge is 2.17. The van der Waals surface area contributed by atoms with E-state index in [4.69, 9.17) is 4.74 Å². The number of methoxy groups -OCH3 is 1. The summed E-state index contributed by atoms with van der Waals surface area (Å²) >= 11 is 0. The van der Waals surface area contributed by atoms with Crippen LogP contribution >= 0.6 is 0 Å². The van der Waals surface area contributed by atoms with Crippen molar-refractivity contribution in [1.29, 1.82) is 0 Å². The lowest BCUT2D eigenvalue weighted by atomic mass is 9.96. The van der Waals surface area contributed by atoms with Crippen LogP contribution in [0.15, 0.2) is 36.9 Å². The van der Waals surface area contributed by atoms with Gasteiger partial charge < -0.3 is 15.4 Å². The highest BCUT2D eigenvalue weighted by molar-refractivity contribution is 5.74. The maximum atomic E-state index is 11.7. The summed E-state index contributed by atoms with van der Waals surface area (Å²) in [4.78, 5) is 11.7. The fourth-order valence-corrected chi connectivity index (χ4v) is 1.80. The molecule has 0 aromatic heterocycles. The van der Waals surface area contributed by atoms with Crippen LogP contribution in [0.25, 0.3) is 0 Å². The second-order valence-electron chi connectivity index (χ2n) is 4.64. The molecule has 0 spiro atoms. The lowest BCUT2D eigenvalue weighted by Gasteiger charge is -2.23. The average molecular weight is 262 g/mol. The van der Waals surface area contributed by atoms with Crippen LogP contribution < -0.4 is 15.4 Å². The normalized spacial score (nSPS) is 11.8. The van der Waals surface area contributed by atoms with Gasteiger partial charge in [0.2, 0.25) is 0 Å². The van der Waals surface area contributed by atoms with E-state index in [9.17, 15) is 4.79 Å². The van der Waals surface area contributed by atoms with Gasteiger partial charge in [-0.2, -0.15) is 0 Å². The molecule has 1 aromatic carbocycles. The summed E-state index contributed by atoms with van der Waals surface area (Å²) in [5.74, 6) is 1.10. The first-order chi connectivity index (χ1) is 9.08. The van der Waals surface area contributed by atoms with Gasteiger partial charge in [-0.05, 0) is 23.6 Å². The molecule has 19 heavy (non-hydrogen) atoms. The number of ether oxygens (including phenoxy) is 1. The number of carbonyl (C=O) groups excluding carboxylic acids is 1. The Bertz CT molecular complexity index is 413. The van der Waals surface area contributed by atoms with Gasteiger partial charge in [0.15, 0.2) is 0 Å². The molecular weight excluding hydrogens is 240 g/mol. The van der Waals surface area contributed by atoms with Crippen molar-refractivity contribution in [3.05, 3.63) is 42.5 Å². The van der Waals surface area contributed by atoms with Gasteiger partial charge in [0, 0.05) is 6.54 Å². The van der Waals surface area contributed by atoms with Crippen molar-refractivity contribution in [1.82, 2.24) is 10.6 Å². The molecular formula is C15H22N2O2. The van der Waals surface area contributed by atoms with E-state index in [1.807, 2.05) is 24.3 Å². The van der Waals surface area contributed by atoms with Crippen molar-refractivity contribution in [2.75, 3.05) is 13.7 Å². The molecule has 0 radical (unpaired) electrons. The van der Waals surface area contributed by atoms with Crippen molar-refractivity contribution in [2.45, 2.75) is 19.9 Å². The molecule has 0 bridgehead atoms. The zero-order valence-electron chi connectivity index (χ0n) is 11.8. The predicted molar refractivity (Wildman–Crippen MR) is 77.3 cm³/mol. The molecule has 1 aromatic rings. The summed E-state index contributed by atoms with van der Waals surface area (Å²) in [6.45, 7) is 8.17. The molecule has 0 aliphatic heterocycles. The van der Waals surface area contributed by atoms with Crippen LogP contribution in [0.4, 0.5) is 4.79 Å². The monoisotopic (exact) mass is 262 g/mol. The molecule has 1 rings (SSSR count). The summed E-state index contributed by atoms with van der Waals surface area (Å²) in [5, 5.41) is 5.68. The molecule has 0 heterocycles. The fourth-order valence-electron chi connectivity index (χ4n) is 1.80. The van der Waals surface area contributed by atoms with Crippen LogP contribution in [0.2, 0.25) is 0 Å². The molecule has 4 heteroatoms. The smallest absolute Gasteiger partial charge is 0.315 e. The zero-order valence-corrected chi connectivity index (χ0v) is 11.8. The van der Waals surface area contributed by atoms with Gasteiger partial charge in [-0.3, -0.25) is 0 Å². The molecule has 104 valence electrons. The second-order valence-corrected chi connectivity index (χ2v) is 4.64. The summed E-state index contributed by atoms with van der Waals surface area (Å²) in [5.41, 5.74) is 1.06. The SMILES string of the molecule is C=CCNC(=O)NC(c1ccc(OC)cc1)C(C)C. The van der Waals surface area contributed by atoms with Crippen molar-refractivity contribution >= 4 is 6.03 Å². The standard InChI is InChI=1S/C15H22N2O2/c1-5-10-16-15(18)17-14(11(2)3)12-6-8-13(19-4)9-7-12/h5-9,11,14H,1,10H2,2-4H3,(H2,16,17,18). The Labute approximate surface area is 114 Å². The van der Waals surface area contributed by atoms with Gasteiger partial charge in [-0.25, -0.2) is 4.79 Å². The Balaban J connectivity index is 2.75. The van der Waals surface area contributed by atoms with Gasteiger partial charge in [0.25, 0.3) is 0 Å². The van der Waals surface area contributed by atoms with Crippen LogP contribution in [-0.2, 0) is 0 Å². The van der Waals surface area contributed by atoms with E-state index in [0.717, 1.165) is 11.3 Å². The van der Waals surface area contributed by atoms with Gasteiger partial charge in [0.1, 0.15) is 5.75 Å². The van der Waals surface area contributed by atoms with Crippen LogP contribution in [0.5, 0.6) is 5.75 Å². The average Bonchev–Trinajstić information content (AvgIpc) is 2.42. The molecule has 0 aliphatic carbocycles. The van der Waals surface area contributed by atoms with Crippen molar-refractivity contribution in [3.8, 4) is 5.75 Å². The number of benzene rings is 1. The minimum absolute atomic E-state index is 0.0317. The highest BCUT2D eigenvalue weighted by Crippen LogP contribution is 2.23. The highest BCUT2D eigenvalue weighted by atomic mass is 16.5. The summed E-state index contributed by atoms with van der Waals surface area (Å²) in [6.07, 6.45) is 1.65. The third-order valence-corrected chi connectivity index (χ3v) is 2.84. The Morgan fingerprint density at radius 3 is 2.47 bits per heavy atom. The molecule has 2 amide bonds. The van der Waals surface area contributed by atoms with E-state index in [-0.39, 0.29) is 12.1 Å². The quantitative estimate of drug-likeness (QED) is 0.774. The number of amides is 2. The minimum atomic E-state index is -0.186.